The van der Waals surface area contributed by atoms with Crippen molar-refractivity contribution in [1.82, 2.24) is 4.98 Å². The molecule has 3 heteroatoms. The maximum absolute atomic E-state index is 11.8. The van der Waals surface area contributed by atoms with E-state index in [0.717, 1.165) is 23.9 Å². The van der Waals surface area contributed by atoms with Crippen molar-refractivity contribution in [3.05, 3.63) is 24.4 Å². The van der Waals surface area contributed by atoms with Gasteiger partial charge in [0.1, 0.15) is 0 Å². The minimum absolute atomic E-state index is 0.239. The zero-order valence-electron chi connectivity index (χ0n) is 8.69. The molecule has 1 aromatic heterocycles. The summed E-state index contributed by atoms with van der Waals surface area (Å²) in [5, 5.41) is 0. The van der Waals surface area contributed by atoms with Crippen LogP contribution in [0.15, 0.2) is 24.4 Å². The van der Waals surface area contributed by atoms with Gasteiger partial charge in [-0.2, -0.15) is 0 Å². The zero-order chi connectivity index (χ0) is 10.5. The predicted octanol–water partition coefficient (Wildman–Crippen LogP) is 1.73. The van der Waals surface area contributed by atoms with Gasteiger partial charge in [-0.1, -0.05) is 0 Å². The number of pyridine rings is 1. The number of hydrogen-bond acceptors (Lipinski definition) is 2. The summed E-state index contributed by atoms with van der Waals surface area (Å²) in [5.41, 5.74) is 0. The van der Waals surface area contributed by atoms with Crippen LogP contribution in [0.3, 0.4) is 0 Å². The zero-order valence-corrected chi connectivity index (χ0v) is 10.4. The first kappa shape index (κ1) is 10.8. The van der Waals surface area contributed by atoms with Gasteiger partial charge in [0, 0.05) is 0 Å². The van der Waals surface area contributed by atoms with Crippen molar-refractivity contribution in [2.45, 2.75) is 36.9 Å². The maximum atomic E-state index is 11.8. The molecule has 1 aromatic rings. The summed E-state index contributed by atoms with van der Waals surface area (Å²) in [4.78, 5) is 16.4. The van der Waals surface area contributed by atoms with Crippen LogP contribution in [-0.2, 0) is 4.79 Å². The van der Waals surface area contributed by atoms with Crippen molar-refractivity contribution < 1.29 is 4.79 Å². The van der Waals surface area contributed by atoms with E-state index in [2.05, 4.69) is 4.98 Å². The molecule has 1 unspecified atom stereocenters. The van der Waals surface area contributed by atoms with E-state index >= 15 is 0 Å². The van der Waals surface area contributed by atoms with Crippen molar-refractivity contribution in [1.29, 1.82) is 0 Å². The first-order valence-corrected chi connectivity index (χ1v) is 7.31. The number of carbonyl (C=O) groups excluding carboxylic acids is 1. The van der Waals surface area contributed by atoms with E-state index < -0.39 is 0 Å². The molecule has 0 bridgehead atoms. The van der Waals surface area contributed by atoms with Gasteiger partial charge in [-0.3, -0.25) is 0 Å². The van der Waals surface area contributed by atoms with Gasteiger partial charge in [0.05, 0.1) is 0 Å². The summed E-state index contributed by atoms with van der Waals surface area (Å²) >= 11 is 0.239. The van der Waals surface area contributed by atoms with Gasteiger partial charge in [-0.25, -0.2) is 0 Å². The van der Waals surface area contributed by atoms with Crippen LogP contribution >= 0.6 is 0 Å². The van der Waals surface area contributed by atoms with Gasteiger partial charge in [-0.15, -0.1) is 0 Å². The Morgan fingerprint density at radius 3 is 3.00 bits per heavy atom. The predicted molar refractivity (Wildman–Crippen MR) is 61.5 cm³/mol. The van der Waals surface area contributed by atoms with Crippen molar-refractivity contribution in [2.75, 3.05) is 0 Å². The number of rotatable bonds is 2. The third-order valence-corrected chi connectivity index (χ3v) is 5.31. The van der Waals surface area contributed by atoms with Gasteiger partial charge in [0.15, 0.2) is 0 Å². The standard InChI is InChI=1S/C12H15NOSe/c14-10-6-2-1-3-7-11(10)15-12-8-4-5-9-13-12/h4-5,8-9,11H,1-3,6-7H2. The molecule has 0 radical (unpaired) electrons. The Hall–Kier alpha value is -0.661. The molecule has 1 aliphatic rings. The number of nitrogens with zero attached hydrogens (tertiary/aromatic N) is 1. The second-order valence-corrected chi connectivity index (χ2v) is 6.41. The second kappa shape index (κ2) is 5.43. The summed E-state index contributed by atoms with van der Waals surface area (Å²) in [6.07, 6.45) is 7.21. The fraction of sp³-hybridized carbons (Fsp3) is 0.500. The molecule has 15 heavy (non-hydrogen) atoms. The summed E-state index contributed by atoms with van der Waals surface area (Å²) in [6.45, 7) is 0. The molecule has 1 saturated carbocycles. The Balaban J connectivity index is 2.01. The number of ketones is 1. The van der Waals surface area contributed by atoms with Crippen LogP contribution in [-0.4, -0.2) is 25.7 Å². The Morgan fingerprint density at radius 1 is 1.27 bits per heavy atom. The van der Waals surface area contributed by atoms with Crippen molar-refractivity contribution in [3.63, 3.8) is 0 Å². The average molecular weight is 268 g/mol. The Morgan fingerprint density at radius 2 is 2.20 bits per heavy atom. The van der Waals surface area contributed by atoms with Gasteiger partial charge >= 0.3 is 96.4 Å². The molecule has 2 nitrogen and oxygen atoms in total. The van der Waals surface area contributed by atoms with E-state index in [1.807, 2.05) is 24.4 Å². The number of Topliss-reactive ketones (excluding diaryl/α,β-unsaturated/α-hetero) is 1. The number of aromatic nitrogens is 1. The van der Waals surface area contributed by atoms with E-state index in [0.29, 0.717) is 5.78 Å². The average Bonchev–Trinajstić information content (AvgIpc) is 2.46. The molecule has 1 aliphatic carbocycles. The van der Waals surface area contributed by atoms with Crippen LogP contribution in [0.2, 0.25) is 4.82 Å². The quantitative estimate of drug-likeness (QED) is 0.604. The van der Waals surface area contributed by atoms with E-state index in [1.54, 1.807) is 0 Å². The molecule has 0 saturated heterocycles. The molecular formula is C12H15NOSe. The molecule has 0 amide bonds. The van der Waals surface area contributed by atoms with E-state index in [9.17, 15) is 4.79 Å². The van der Waals surface area contributed by atoms with Crippen LogP contribution in [0.25, 0.3) is 0 Å². The van der Waals surface area contributed by atoms with Gasteiger partial charge in [0.25, 0.3) is 0 Å². The monoisotopic (exact) mass is 269 g/mol. The van der Waals surface area contributed by atoms with Crippen LogP contribution in [0.5, 0.6) is 0 Å². The molecular weight excluding hydrogens is 253 g/mol. The normalized spacial score (nSPS) is 22.4. The van der Waals surface area contributed by atoms with Gasteiger partial charge < -0.3 is 0 Å². The van der Waals surface area contributed by atoms with E-state index in [1.165, 1.54) is 12.8 Å². The fourth-order valence-electron chi connectivity index (χ4n) is 1.81. The fourth-order valence-corrected chi connectivity index (χ4v) is 4.13. The van der Waals surface area contributed by atoms with E-state index in [-0.39, 0.29) is 19.8 Å². The first-order valence-electron chi connectivity index (χ1n) is 5.46. The SMILES string of the molecule is O=C1CCCCCC1[Se]c1ccccn1. The molecule has 80 valence electrons. The van der Waals surface area contributed by atoms with Gasteiger partial charge in [0.2, 0.25) is 0 Å². The first-order chi connectivity index (χ1) is 7.36. The number of carbonyl (C=O) groups is 1. The van der Waals surface area contributed by atoms with Crippen LogP contribution < -0.4 is 4.59 Å². The molecule has 0 aromatic carbocycles. The van der Waals surface area contributed by atoms with E-state index in [4.69, 9.17) is 0 Å². The van der Waals surface area contributed by atoms with Crippen molar-refractivity contribution in [3.8, 4) is 0 Å². The molecule has 2 rings (SSSR count). The van der Waals surface area contributed by atoms with Crippen molar-refractivity contribution >= 4 is 25.3 Å². The van der Waals surface area contributed by atoms with Crippen molar-refractivity contribution in [2.24, 2.45) is 0 Å². The molecule has 1 fully saturated rings. The second-order valence-electron chi connectivity index (χ2n) is 3.84. The Labute approximate surface area is 96.6 Å². The third-order valence-electron chi connectivity index (χ3n) is 2.65. The Kier molecular flexibility index (Phi) is 3.93. The molecule has 0 spiro atoms. The molecule has 1 atom stereocenters. The van der Waals surface area contributed by atoms with Crippen LogP contribution in [0.1, 0.15) is 32.1 Å². The van der Waals surface area contributed by atoms with Crippen LogP contribution in [0.4, 0.5) is 0 Å². The molecule has 1 heterocycles. The van der Waals surface area contributed by atoms with Gasteiger partial charge in [-0.05, 0) is 0 Å². The summed E-state index contributed by atoms with van der Waals surface area (Å²) in [5.74, 6) is 0.471. The summed E-state index contributed by atoms with van der Waals surface area (Å²) < 4.78 is 1.12. The summed E-state index contributed by atoms with van der Waals surface area (Å²) in [7, 11) is 0. The Bertz CT molecular complexity index is 326. The topological polar surface area (TPSA) is 30.0 Å². The molecule has 0 aliphatic heterocycles. The molecule has 0 N–H and O–H groups in total. The minimum atomic E-state index is 0.239. The number of hydrogen-bond donors (Lipinski definition) is 0. The third kappa shape index (κ3) is 3.15. The summed E-state index contributed by atoms with van der Waals surface area (Å²) in [6, 6.07) is 5.97. The van der Waals surface area contributed by atoms with Crippen LogP contribution in [0, 0.1) is 0 Å².